The Kier molecular flexibility index (Phi) is 3.79. The molecule has 0 unspecified atom stereocenters. The monoisotopic (exact) mass is 309 g/mol. The number of rotatable bonds is 1. The summed E-state index contributed by atoms with van der Waals surface area (Å²) in [6.07, 6.45) is 1.04. The van der Waals surface area contributed by atoms with Crippen molar-refractivity contribution in [2.75, 3.05) is 0 Å². The molecule has 1 aromatic heterocycles. The van der Waals surface area contributed by atoms with Crippen LogP contribution in [0.5, 0.6) is 0 Å². The maximum atomic E-state index is 12.9. The zero-order chi connectivity index (χ0) is 12.6. The first-order chi connectivity index (χ1) is 7.99. The van der Waals surface area contributed by atoms with Gasteiger partial charge in [-0.25, -0.2) is 4.39 Å². The lowest BCUT2D eigenvalue weighted by atomic mass is 10.1. The summed E-state index contributed by atoms with van der Waals surface area (Å²) in [6.45, 7) is 0. The number of nitrogens with zero attached hydrogens (tertiary/aromatic N) is 1. The standard InChI is InChI=1S/C11H4Cl4FN/c12-5-1-7(13)10(8(14)2-5)11-9(15)3-6(16)4-17-11/h1-4H. The van der Waals surface area contributed by atoms with Crippen LogP contribution in [-0.4, -0.2) is 4.98 Å². The molecule has 17 heavy (non-hydrogen) atoms. The molecule has 0 aliphatic carbocycles. The smallest absolute Gasteiger partial charge is 0.143 e. The summed E-state index contributed by atoms with van der Waals surface area (Å²) in [5.74, 6) is -0.528. The van der Waals surface area contributed by atoms with Gasteiger partial charge < -0.3 is 0 Å². The maximum Gasteiger partial charge on any atom is 0.143 e. The number of hydrogen-bond donors (Lipinski definition) is 0. The van der Waals surface area contributed by atoms with Crippen LogP contribution in [0.4, 0.5) is 4.39 Å². The first-order valence-corrected chi connectivity index (χ1v) is 5.96. The molecule has 0 N–H and O–H groups in total. The van der Waals surface area contributed by atoms with Gasteiger partial charge in [0.15, 0.2) is 0 Å². The molecule has 2 rings (SSSR count). The van der Waals surface area contributed by atoms with Gasteiger partial charge in [-0.3, -0.25) is 4.98 Å². The molecular weight excluding hydrogens is 307 g/mol. The molecule has 0 bridgehead atoms. The number of benzene rings is 1. The van der Waals surface area contributed by atoms with E-state index in [2.05, 4.69) is 4.98 Å². The van der Waals surface area contributed by atoms with E-state index in [0.717, 1.165) is 12.3 Å². The van der Waals surface area contributed by atoms with Crippen LogP contribution in [0.2, 0.25) is 20.1 Å². The summed E-state index contributed by atoms with van der Waals surface area (Å²) in [4.78, 5) is 3.88. The Morgan fingerprint density at radius 1 is 0.882 bits per heavy atom. The summed E-state index contributed by atoms with van der Waals surface area (Å²) < 4.78 is 12.9. The van der Waals surface area contributed by atoms with Gasteiger partial charge in [-0.2, -0.15) is 0 Å². The zero-order valence-corrected chi connectivity index (χ0v) is 11.2. The van der Waals surface area contributed by atoms with Crippen molar-refractivity contribution in [2.24, 2.45) is 0 Å². The molecule has 0 aliphatic heterocycles. The lowest BCUT2D eigenvalue weighted by Crippen LogP contribution is -1.89. The quantitative estimate of drug-likeness (QED) is 0.677. The number of pyridine rings is 1. The van der Waals surface area contributed by atoms with E-state index in [-0.39, 0.29) is 5.02 Å². The van der Waals surface area contributed by atoms with Crippen molar-refractivity contribution >= 4 is 46.4 Å². The molecule has 0 spiro atoms. The zero-order valence-electron chi connectivity index (χ0n) is 8.15. The van der Waals surface area contributed by atoms with Crippen molar-refractivity contribution in [1.29, 1.82) is 0 Å². The Hall–Kier alpha value is -0.540. The number of hydrogen-bond acceptors (Lipinski definition) is 1. The van der Waals surface area contributed by atoms with Gasteiger partial charge in [-0.1, -0.05) is 46.4 Å². The van der Waals surface area contributed by atoms with Crippen molar-refractivity contribution in [1.82, 2.24) is 4.98 Å². The summed E-state index contributed by atoms with van der Waals surface area (Å²) in [5.41, 5.74) is 0.752. The minimum absolute atomic E-state index is 0.135. The highest BCUT2D eigenvalue weighted by Gasteiger charge is 2.15. The Labute approximate surface area is 117 Å². The molecule has 0 saturated carbocycles. The van der Waals surface area contributed by atoms with Crippen LogP contribution in [-0.2, 0) is 0 Å². The first kappa shape index (κ1) is 12.9. The Balaban J connectivity index is 2.68. The summed E-state index contributed by atoms with van der Waals surface area (Å²) in [5, 5.41) is 1.16. The van der Waals surface area contributed by atoms with Crippen molar-refractivity contribution in [3.05, 3.63) is 50.3 Å². The van der Waals surface area contributed by atoms with Gasteiger partial charge in [0.2, 0.25) is 0 Å². The van der Waals surface area contributed by atoms with Gasteiger partial charge in [0.25, 0.3) is 0 Å². The van der Waals surface area contributed by atoms with Crippen molar-refractivity contribution < 1.29 is 4.39 Å². The van der Waals surface area contributed by atoms with Crippen LogP contribution in [0, 0.1) is 5.82 Å². The molecule has 0 radical (unpaired) electrons. The molecule has 0 fully saturated rings. The Morgan fingerprint density at radius 2 is 1.47 bits per heavy atom. The molecule has 6 heteroatoms. The van der Waals surface area contributed by atoms with E-state index in [1.54, 1.807) is 0 Å². The van der Waals surface area contributed by atoms with E-state index < -0.39 is 5.82 Å². The molecule has 88 valence electrons. The summed E-state index contributed by atoms with van der Waals surface area (Å²) in [7, 11) is 0. The average Bonchev–Trinajstić information content (AvgIpc) is 2.19. The summed E-state index contributed by atoms with van der Waals surface area (Å²) >= 11 is 23.7. The second-order valence-electron chi connectivity index (χ2n) is 3.23. The van der Waals surface area contributed by atoms with E-state index in [1.807, 2.05) is 0 Å². The molecule has 0 aliphatic rings. The van der Waals surface area contributed by atoms with Crippen LogP contribution in [0.3, 0.4) is 0 Å². The van der Waals surface area contributed by atoms with E-state index in [0.29, 0.717) is 26.3 Å². The van der Waals surface area contributed by atoms with Crippen molar-refractivity contribution in [3.8, 4) is 11.3 Å². The third-order valence-electron chi connectivity index (χ3n) is 2.05. The minimum atomic E-state index is -0.528. The Bertz CT molecular complexity index is 563. The summed E-state index contributed by atoms with van der Waals surface area (Å²) in [6, 6.07) is 4.18. The van der Waals surface area contributed by atoms with Gasteiger partial charge in [0.05, 0.1) is 27.0 Å². The predicted molar refractivity (Wildman–Crippen MR) is 69.7 cm³/mol. The molecule has 1 nitrogen and oxygen atoms in total. The van der Waals surface area contributed by atoms with Crippen LogP contribution < -0.4 is 0 Å². The highest BCUT2D eigenvalue weighted by Crippen LogP contribution is 2.39. The SMILES string of the molecule is Fc1cnc(-c2c(Cl)cc(Cl)cc2Cl)c(Cl)c1. The lowest BCUT2D eigenvalue weighted by Gasteiger charge is -2.08. The second-order valence-corrected chi connectivity index (χ2v) is 4.89. The van der Waals surface area contributed by atoms with Crippen molar-refractivity contribution in [3.63, 3.8) is 0 Å². The topological polar surface area (TPSA) is 12.9 Å². The highest BCUT2D eigenvalue weighted by atomic mass is 35.5. The van der Waals surface area contributed by atoms with Crippen LogP contribution in [0.25, 0.3) is 11.3 Å². The lowest BCUT2D eigenvalue weighted by molar-refractivity contribution is 0.622. The molecule has 2 aromatic rings. The fraction of sp³-hybridized carbons (Fsp3) is 0. The van der Waals surface area contributed by atoms with Gasteiger partial charge in [0, 0.05) is 10.6 Å². The van der Waals surface area contributed by atoms with E-state index in [9.17, 15) is 4.39 Å². The third-order valence-corrected chi connectivity index (χ3v) is 3.15. The fourth-order valence-electron chi connectivity index (χ4n) is 1.37. The van der Waals surface area contributed by atoms with Crippen molar-refractivity contribution in [2.45, 2.75) is 0 Å². The number of aromatic nitrogens is 1. The molecule has 1 aromatic carbocycles. The van der Waals surface area contributed by atoms with Gasteiger partial charge in [0.1, 0.15) is 5.82 Å². The fourth-order valence-corrected chi connectivity index (χ4v) is 2.61. The van der Waals surface area contributed by atoms with E-state index in [4.69, 9.17) is 46.4 Å². The van der Waals surface area contributed by atoms with Gasteiger partial charge >= 0.3 is 0 Å². The normalized spacial score (nSPS) is 10.6. The van der Waals surface area contributed by atoms with E-state index >= 15 is 0 Å². The molecule has 1 heterocycles. The first-order valence-electron chi connectivity index (χ1n) is 4.45. The van der Waals surface area contributed by atoms with Gasteiger partial charge in [-0.15, -0.1) is 0 Å². The average molecular weight is 311 g/mol. The maximum absolute atomic E-state index is 12.9. The van der Waals surface area contributed by atoms with Gasteiger partial charge in [-0.05, 0) is 18.2 Å². The molecule has 0 atom stereocenters. The van der Waals surface area contributed by atoms with E-state index in [1.165, 1.54) is 12.1 Å². The van der Waals surface area contributed by atoms with Crippen LogP contribution in [0.1, 0.15) is 0 Å². The predicted octanol–water partition coefficient (Wildman–Crippen LogP) is 5.50. The highest BCUT2D eigenvalue weighted by molar-refractivity contribution is 6.42. The molecule has 0 amide bonds. The number of halogens is 5. The molecular formula is C11H4Cl4FN. The second kappa shape index (κ2) is 4.99. The Morgan fingerprint density at radius 3 is 2.00 bits per heavy atom. The van der Waals surface area contributed by atoms with Crippen LogP contribution in [0.15, 0.2) is 24.4 Å². The molecule has 0 saturated heterocycles. The minimum Gasteiger partial charge on any atom is -0.252 e. The van der Waals surface area contributed by atoms with Crippen LogP contribution >= 0.6 is 46.4 Å². The largest absolute Gasteiger partial charge is 0.252 e. The third kappa shape index (κ3) is 2.66.